The van der Waals surface area contributed by atoms with E-state index in [2.05, 4.69) is 26.0 Å². The molecule has 0 saturated heterocycles. The first-order valence-corrected chi connectivity index (χ1v) is 13.3. The number of nitrogens with one attached hydrogen (secondary N) is 2. The number of carbonyl (C=O) groups is 1. The molecule has 9 heteroatoms. The van der Waals surface area contributed by atoms with Gasteiger partial charge in [-0.3, -0.25) is 9.36 Å². The van der Waals surface area contributed by atoms with Crippen LogP contribution in [0.5, 0.6) is 11.5 Å². The lowest BCUT2D eigenvalue weighted by atomic mass is 10.2. The molecular formula is C30H26N6O2S. The van der Waals surface area contributed by atoms with Crippen LogP contribution in [0.4, 0.5) is 5.69 Å². The Bertz CT molecular complexity index is 1530. The number of nitrogens with zero attached hydrogens (tertiary/aromatic N) is 4. The van der Waals surface area contributed by atoms with Crippen molar-refractivity contribution in [2.75, 3.05) is 11.1 Å². The van der Waals surface area contributed by atoms with E-state index in [-0.39, 0.29) is 11.7 Å². The lowest BCUT2D eigenvalue weighted by molar-refractivity contribution is -0.118. The van der Waals surface area contributed by atoms with E-state index in [1.165, 1.54) is 11.8 Å². The summed E-state index contributed by atoms with van der Waals surface area (Å²) in [5.41, 5.74) is 5.30. The minimum absolute atomic E-state index is 0.131. The van der Waals surface area contributed by atoms with Crippen LogP contribution in [0, 0.1) is 0 Å². The maximum absolute atomic E-state index is 12.5. The van der Waals surface area contributed by atoms with Crippen molar-refractivity contribution in [3.8, 4) is 17.2 Å². The fourth-order valence-corrected chi connectivity index (χ4v) is 4.47. The maximum Gasteiger partial charge on any atom is 0.250 e. The number of carbonyl (C=O) groups excluding carboxylic acids is 1. The topological polar surface area (TPSA) is 93.4 Å². The van der Waals surface area contributed by atoms with E-state index >= 15 is 0 Å². The molecule has 0 aliphatic heterocycles. The zero-order valence-electron chi connectivity index (χ0n) is 21.0. The Morgan fingerprint density at radius 2 is 1.54 bits per heavy atom. The predicted molar refractivity (Wildman–Crippen MR) is 155 cm³/mol. The van der Waals surface area contributed by atoms with Crippen molar-refractivity contribution in [1.29, 1.82) is 0 Å². The first-order valence-electron chi connectivity index (χ1n) is 12.3. The molecule has 5 rings (SSSR count). The fourth-order valence-electron chi connectivity index (χ4n) is 3.71. The fraction of sp³-hybridized carbons (Fsp3) is 0.0667. The highest BCUT2D eigenvalue weighted by Gasteiger charge is 2.15. The molecule has 194 valence electrons. The highest BCUT2D eigenvalue weighted by atomic mass is 32.2. The van der Waals surface area contributed by atoms with Gasteiger partial charge < -0.3 is 10.1 Å². The molecule has 1 heterocycles. The van der Waals surface area contributed by atoms with E-state index in [9.17, 15) is 4.79 Å². The zero-order chi connectivity index (χ0) is 26.7. The number of aromatic nitrogens is 3. The number of rotatable bonds is 11. The lowest BCUT2D eigenvalue weighted by Gasteiger charge is -2.11. The average Bonchev–Trinajstić information content (AvgIpc) is 3.39. The van der Waals surface area contributed by atoms with Gasteiger partial charge in [0.15, 0.2) is 11.0 Å². The number of para-hydroxylation sites is 3. The molecule has 0 radical (unpaired) electrons. The van der Waals surface area contributed by atoms with Gasteiger partial charge in [0.2, 0.25) is 0 Å². The Labute approximate surface area is 230 Å². The summed E-state index contributed by atoms with van der Waals surface area (Å²) >= 11 is 1.30. The van der Waals surface area contributed by atoms with E-state index in [1.807, 2.05) is 120 Å². The molecule has 39 heavy (non-hydrogen) atoms. The van der Waals surface area contributed by atoms with Crippen LogP contribution in [0.15, 0.2) is 126 Å². The molecule has 0 spiro atoms. The quantitative estimate of drug-likeness (QED) is 0.124. The van der Waals surface area contributed by atoms with Crippen LogP contribution in [0.1, 0.15) is 11.4 Å². The number of hydrogen-bond donors (Lipinski definition) is 2. The second-order valence-electron chi connectivity index (χ2n) is 8.36. The normalized spacial score (nSPS) is 10.9. The average molecular weight is 535 g/mol. The molecule has 0 saturated carbocycles. The second-order valence-corrected chi connectivity index (χ2v) is 9.30. The van der Waals surface area contributed by atoms with Gasteiger partial charge in [-0.25, -0.2) is 5.43 Å². The molecule has 4 aromatic carbocycles. The maximum atomic E-state index is 12.5. The SMILES string of the molecule is O=C(CSc1nnc(CNc2ccccc2)n1-c1ccccc1)N/N=C/c1cccc(Oc2ccccc2)c1. The van der Waals surface area contributed by atoms with Crippen LogP contribution in [0.25, 0.3) is 5.69 Å². The van der Waals surface area contributed by atoms with E-state index in [0.717, 1.165) is 28.5 Å². The Hall–Kier alpha value is -4.89. The number of hydrogen-bond acceptors (Lipinski definition) is 7. The summed E-state index contributed by atoms with van der Waals surface area (Å²) in [5.74, 6) is 2.05. The highest BCUT2D eigenvalue weighted by Crippen LogP contribution is 2.23. The van der Waals surface area contributed by atoms with Gasteiger partial charge >= 0.3 is 0 Å². The molecule has 5 aromatic rings. The molecule has 0 unspecified atom stereocenters. The van der Waals surface area contributed by atoms with Gasteiger partial charge in [-0.15, -0.1) is 10.2 Å². The van der Waals surface area contributed by atoms with Crippen LogP contribution in [-0.2, 0) is 11.3 Å². The van der Waals surface area contributed by atoms with Gasteiger partial charge in [0.1, 0.15) is 11.5 Å². The lowest BCUT2D eigenvalue weighted by Crippen LogP contribution is -2.20. The molecule has 1 amide bonds. The summed E-state index contributed by atoms with van der Waals surface area (Å²) in [6.45, 7) is 0.482. The molecule has 0 fully saturated rings. The summed E-state index contributed by atoms with van der Waals surface area (Å²) in [6, 6.07) is 36.8. The van der Waals surface area contributed by atoms with Crippen molar-refractivity contribution in [2.45, 2.75) is 11.7 Å². The molecule has 0 bridgehead atoms. The van der Waals surface area contributed by atoms with Gasteiger partial charge in [-0.05, 0) is 54.1 Å². The van der Waals surface area contributed by atoms with E-state index < -0.39 is 0 Å². The first kappa shape index (κ1) is 25.7. The first-order chi connectivity index (χ1) is 19.2. The number of hydrazone groups is 1. The summed E-state index contributed by atoms with van der Waals surface area (Å²) < 4.78 is 7.81. The van der Waals surface area contributed by atoms with Crippen LogP contribution in [-0.4, -0.2) is 32.6 Å². The Morgan fingerprint density at radius 3 is 2.31 bits per heavy atom. The summed E-state index contributed by atoms with van der Waals surface area (Å²) in [6.07, 6.45) is 1.58. The van der Waals surface area contributed by atoms with Gasteiger partial charge in [0.25, 0.3) is 5.91 Å². The van der Waals surface area contributed by atoms with E-state index in [1.54, 1.807) is 6.21 Å². The largest absolute Gasteiger partial charge is 0.457 e. The molecule has 0 aliphatic carbocycles. The van der Waals surface area contributed by atoms with Crippen molar-refractivity contribution >= 4 is 29.6 Å². The number of benzene rings is 4. The van der Waals surface area contributed by atoms with Crippen molar-refractivity contribution in [1.82, 2.24) is 20.2 Å². The minimum Gasteiger partial charge on any atom is -0.457 e. The Morgan fingerprint density at radius 1 is 0.846 bits per heavy atom. The van der Waals surface area contributed by atoms with Gasteiger partial charge in [0.05, 0.1) is 18.5 Å². The summed E-state index contributed by atoms with van der Waals surface area (Å²) in [5, 5.41) is 16.8. The van der Waals surface area contributed by atoms with Crippen molar-refractivity contribution in [3.63, 3.8) is 0 Å². The van der Waals surface area contributed by atoms with Crippen LogP contribution >= 0.6 is 11.8 Å². The molecule has 0 aliphatic rings. The molecule has 2 N–H and O–H groups in total. The summed E-state index contributed by atoms with van der Waals surface area (Å²) in [7, 11) is 0. The smallest absolute Gasteiger partial charge is 0.250 e. The molecule has 1 aromatic heterocycles. The monoisotopic (exact) mass is 534 g/mol. The predicted octanol–water partition coefficient (Wildman–Crippen LogP) is 5.91. The van der Waals surface area contributed by atoms with Crippen molar-refractivity contribution in [3.05, 3.63) is 127 Å². The number of amides is 1. The Kier molecular flexibility index (Phi) is 8.63. The minimum atomic E-state index is -0.250. The highest BCUT2D eigenvalue weighted by molar-refractivity contribution is 7.99. The van der Waals surface area contributed by atoms with Crippen molar-refractivity contribution < 1.29 is 9.53 Å². The van der Waals surface area contributed by atoms with E-state index in [0.29, 0.717) is 17.5 Å². The molecule has 8 nitrogen and oxygen atoms in total. The van der Waals surface area contributed by atoms with Crippen LogP contribution < -0.4 is 15.5 Å². The molecular weight excluding hydrogens is 508 g/mol. The standard InChI is InChI=1S/C30H26N6O2S/c37-29(34-32-20-23-11-10-18-27(19-23)38-26-16-8-3-9-17-26)22-39-30-35-33-28(21-31-24-12-4-1-5-13-24)36(30)25-14-6-2-7-15-25/h1-20,31H,21-22H2,(H,34,37)/b32-20+. The van der Waals surface area contributed by atoms with Gasteiger partial charge in [0, 0.05) is 11.4 Å². The molecule has 0 atom stereocenters. The van der Waals surface area contributed by atoms with Gasteiger partial charge in [-0.2, -0.15) is 5.10 Å². The third-order valence-electron chi connectivity index (χ3n) is 5.51. The summed E-state index contributed by atoms with van der Waals surface area (Å²) in [4.78, 5) is 12.5. The number of thioether (sulfide) groups is 1. The number of ether oxygens (including phenoxy) is 1. The Balaban J connectivity index is 1.19. The van der Waals surface area contributed by atoms with E-state index in [4.69, 9.17) is 4.74 Å². The van der Waals surface area contributed by atoms with Gasteiger partial charge in [-0.1, -0.05) is 78.5 Å². The van der Waals surface area contributed by atoms with Crippen molar-refractivity contribution in [2.24, 2.45) is 5.10 Å². The number of anilines is 1. The third-order valence-corrected chi connectivity index (χ3v) is 6.44. The zero-order valence-corrected chi connectivity index (χ0v) is 21.8. The van der Waals surface area contributed by atoms with Crippen LogP contribution in [0.2, 0.25) is 0 Å². The van der Waals surface area contributed by atoms with Crippen LogP contribution in [0.3, 0.4) is 0 Å². The second kappa shape index (κ2) is 13.1. The third kappa shape index (κ3) is 7.33.